The van der Waals surface area contributed by atoms with E-state index in [2.05, 4.69) is 20.3 Å². The first-order valence-corrected chi connectivity index (χ1v) is 8.74. The van der Waals surface area contributed by atoms with E-state index in [4.69, 9.17) is 9.47 Å². The monoisotopic (exact) mass is 377 g/mol. The highest BCUT2D eigenvalue weighted by Crippen LogP contribution is 2.32. The first-order valence-electron chi connectivity index (χ1n) is 8.74. The molecule has 142 valence electrons. The Kier molecular flexibility index (Phi) is 4.76. The molecule has 3 heterocycles. The van der Waals surface area contributed by atoms with Gasteiger partial charge in [-0.3, -0.25) is 9.78 Å². The van der Waals surface area contributed by atoms with E-state index in [-0.39, 0.29) is 12.7 Å². The molecule has 1 aromatic carbocycles. The van der Waals surface area contributed by atoms with Gasteiger partial charge >= 0.3 is 0 Å². The molecule has 4 rings (SSSR count). The predicted molar refractivity (Wildman–Crippen MR) is 103 cm³/mol. The molecule has 1 aliphatic heterocycles. The maximum absolute atomic E-state index is 12.8. The van der Waals surface area contributed by atoms with E-state index in [1.807, 2.05) is 50.5 Å². The highest BCUT2D eigenvalue weighted by molar-refractivity contribution is 5.99. The minimum atomic E-state index is -0.274. The lowest BCUT2D eigenvalue weighted by Gasteiger charge is -2.14. The Bertz CT molecular complexity index is 1010. The van der Waals surface area contributed by atoms with Crippen molar-refractivity contribution in [2.45, 2.75) is 6.54 Å². The first-order chi connectivity index (χ1) is 13.6. The number of carbonyl (C=O) groups is 1. The quantitative estimate of drug-likeness (QED) is 0.729. The van der Waals surface area contributed by atoms with Crippen molar-refractivity contribution in [3.8, 4) is 22.9 Å². The number of carbonyl (C=O) groups excluding carboxylic acids is 1. The van der Waals surface area contributed by atoms with Gasteiger partial charge in [0.1, 0.15) is 5.69 Å². The highest BCUT2D eigenvalue weighted by atomic mass is 16.7. The molecule has 0 saturated carbocycles. The number of hydrogen-bond acceptors (Lipinski definition) is 7. The summed E-state index contributed by atoms with van der Waals surface area (Å²) in [4.78, 5) is 27.7. The maximum atomic E-state index is 12.8. The fourth-order valence-electron chi connectivity index (χ4n) is 2.78. The van der Waals surface area contributed by atoms with Gasteiger partial charge in [-0.15, -0.1) is 0 Å². The SMILES string of the molecule is CN(C)c1ncc(C(=O)NCc2ccc3c(c2)OCO3)c(-c2ccccn2)n1. The van der Waals surface area contributed by atoms with Crippen LogP contribution in [0.2, 0.25) is 0 Å². The Morgan fingerprint density at radius 1 is 1.14 bits per heavy atom. The van der Waals surface area contributed by atoms with Crippen LogP contribution in [0.1, 0.15) is 15.9 Å². The van der Waals surface area contributed by atoms with E-state index in [9.17, 15) is 4.79 Å². The zero-order chi connectivity index (χ0) is 19.5. The molecule has 2 aromatic heterocycles. The number of ether oxygens (including phenoxy) is 2. The molecular weight excluding hydrogens is 358 g/mol. The van der Waals surface area contributed by atoms with Crippen molar-refractivity contribution in [3.05, 3.63) is 59.9 Å². The molecule has 0 fully saturated rings. The van der Waals surface area contributed by atoms with Crippen LogP contribution < -0.4 is 19.7 Å². The van der Waals surface area contributed by atoms with Crippen LogP contribution in [0.3, 0.4) is 0 Å². The van der Waals surface area contributed by atoms with Crippen molar-refractivity contribution in [1.82, 2.24) is 20.3 Å². The number of nitrogens with one attached hydrogen (secondary N) is 1. The minimum Gasteiger partial charge on any atom is -0.454 e. The van der Waals surface area contributed by atoms with Gasteiger partial charge in [0.25, 0.3) is 5.91 Å². The summed E-state index contributed by atoms with van der Waals surface area (Å²) in [7, 11) is 3.69. The van der Waals surface area contributed by atoms with Gasteiger partial charge in [-0.1, -0.05) is 12.1 Å². The zero-order valence-electron chi connectivity index (χ0n) is 15.5. The van der Waals surface area contributed by atoms with Gasteiger partial charge in [-0.2, -0.15) is 0 Å². The topological polar surface area (TPSA) is 89.5 Å². The summed E-state index contributed by atoms with van der Waals surface area (Å²) in [6, 6.07) is 11.1. The highest BCUT2D eigenvalue weighted by Gasteiger charge is 2.18. The number of hydrogen-bond donors (Lipinski definition) is 1. The van der Waals surface area contributed by atoms with Crippen molar-refractivity contribution < 1.29 is 14.3 Å². The fraction of sp³-hybridized carbons (Fsp3) is 0.200. The summed E-state index contributed by atoms with van der Waals surface area (Å²) in [6.45, 7) is 0.556. The molecule has 0 unspecified atom stereocenters. The molecule has 1 aliphatic rings. The number of benzene rings is 1. The summed E-state index contributed by atoms with van der Waals surface area (Å²) in [5.41, 5.74) is 2.37. The standard InChI is InChI=1S/C20H19N5O3/c1-25(2)20-23-11-14(18(24-20)15-5-3-4-8-21-15)19(26)22-10-13-6-7-16-17(9-13)28-12-27-16/h3-9,11H,10,12H2,1-2H3,(H,22,26). The Morgan fingerprint density at radius 2 is 2.00 bits per heavy atom. The summed E-state index contributed by atoms with van der Waals surface area (Å²) in [5.74, 6) is 1.62. The van der Waals surface area contributed by atoms with Gasteiger partial charge in [-0.05, 0) is 29.8 Å². The second-order valence-electron chi connectivity index (χ2n) is 6.41. The van der Waals surface area contributed by atoms with E-state index in [0.29, 0.717) is 40.9 Å². The van der Waals surface area contributed by atoms with Gasteiger partial charge in [0.2, 0.25) is 12.7 Å². The van der Waals surface area contributed by atoms with Crippen LogP contribution in [0.4, 0.5) is 5.95 Å². The smallest absolute Gasteiger partial charge is 0.255 e. The largest absolute Gasteiger partial charge is 0.454 e. The Labute approximate surface area is 162 Å². The summed E-state index contributed by atoms with van der Waals surface area (Å²) >= 11 is 0. The van der Waals surface area contributed by atoms with Gasteiger partial charge in [0, 0.05) is 33.0 Å². The molecule has 28 heavy (non-hydrogen) atoms. The fourth-order valence-corrected chi connectivity index (χ4v) is 2.78. The maximum Gasteiger partial charge on any atom is 0.255 e. The predicted octanol–water partition coefficient (Wildman–Crippen LogP) is 2.26. The third kappa shape index (κ3) is 3.57. The van der Waals surface area contributed by atoms with Crippen LogP contribution in [0.25, 0.3) is 11.4 Å². The molecule has 0 radical (unpaired) electrons. The molecule has 3 aromatic rings. The summed E-state index contributed by atoms with van der Waals surface area (Å²) in [5, 5.41) is 2.91. The lowest BCUT2D eigenvalue weighted by Crippen LogP contribution is -2.25. The van der Waals surface area contributed by atoms with Crippen LogP contribution in [0.15, 0.2) is 48.8 Å². The first kappa shape index (κ1) is 17.7. The molecular formula is C20H19N5O3. The lowest BCUT2D eigenvalue weighted by molar-refractivity contribution is 0.0950. The van der Waals surface area contributed by atoms with Crippen LogP contribution >= 0.6 is 0 Å². The van der Waals surface area contributed by atoms with Crippen molar-refractivity contribution >= 4 is 11.9 Å². The van der Waals surface area contributed by atoms with E-state index >= 15 is 0 Å². The molecule has 0 spiro atoms. The Hall–Kier alpha value is -3.68. The van der Waals surface area contributed by atoms with Crippen LogP contribution in [0, 0.1) is 0 Å². The van der Waals surface area contributed by atoms with Gasteiger partial charge in [0.05, 0.1) is 11.3 Å². The van der Waals surface area contributed by atoms with Gasteiger partial charge in [-0.25, -0.2) is 9.97 Å². The lowest BCUT2D eigenvalue weighted by atomic mass is 10.1. The Balaban J connectivity index is 1.58. The second-order valence-corrected chi connectivity index (χ2v) is 6.41. The number of nitrogens with zero attached hydrogens (tertiary/aromatic N) is 4. The number of aromatic nitrogens is 3. The van der Waals surface area contributed by atoms with Crippen LogP contribution in [-0.2, 0) is 6.54 Å². The van der Waals surface area contributed by atoms with Crippen LogP contribution in [0.5, 0.6) is 11.5 Å². The van der Waals surface area contributed by atoms with Crippen molar-refractivity contribution in [2.75, 3.05) is 25.8 Å². The third-order valence-corrected chi connectivity index (χ3v) is 4.22. The minimum absolute atomic E-state index is 0.216. The molecule has 0 atom stereocenters. The van der Waals surface area contributed by atoms with Crippen molar-refractivity contribution in [2.24, 2.45) is 0 Å². The molecule has 8 nitrogen and oxygen atoms in total. The Morgan fingerprint density at radius 3 is 2.79 bits per heavy atom. The molecule has 1 N–H and O–H groups in total. The average Bonchev–Trinajstić information content (AvgIpc) is 3.20. The number of pyridine rings is 1. The molecule has 1 amide bonds. The van der Waals surface area contributed by atoms with E-state index < -0.39 is 0 Å². The zero-order valence-corrected chi connectivity index (χ0v) is 15.5. The van der Waals surface area contributed by atoms with Crippen molar-refractivity contribution in [1.29, 1.82) is 0 Å². The third-order valence-electron chi connectivity index (χ3n) is 4.22. The average molecular weight is 377 g/mol. The summed E-state index contributed by atoms with van der Waals surface area (Å²) in [6.07, 6.45) is 3.20. The van der Waals surface area contributed by atoms with Crippen molar-refractivity contribution in [3.63, 3.8) is 0 Å². The number of rotatable bonds is 5. The number of fused-ring (bicyclic) bond motifs is 1. The number of anilines is 1. The van der Waals surface area contributed by atoms with E-state index in [0.717, 1.165) is 5.56 Å². The van der Waals surface area contributed by atoms with Gasteiger partial charge < -0.3 is 19.7 Å². The molecule has 0 saturated heterocycles. The van der Waals surface area contributed by atoms with Gasteiger partial charge in [0.15, 0.2) is 11.5 Å². The van der Waals surface area contributed by atoms with E-state index in [1.54, 1.807) is 11.1 Å². The normalized spacial score (nSPS) is 11.9. The van der Waals surface area contributed by atoms with Crippen LogP contribution in [-0.4, -0.2) is 41.7 Å². The molecule has 8 heteroatoms. The number of amides is 1. The second kappa shape index (κ2) is 7.51. The van der Waals surface area contributed by atoms with E-state index in [1.165, 1.54) is 6.20 Å². The molecule has 0 bridgehead atoms. The molecule has 0 aliphatic carbocycles. The summed E-state index contributed by atoms with van der Waals surface area (Å²) < 4.78 is 10.7.